The molecule has 1 aromatic heterocycles. The average Bonchev–Trinajstić information content (AvgIpc) is 3.32. The normalized spacial score (nSPS) is 16.8. The minimum absolute atomic E-state index is 0.142. The first kappa shape index (κ1) is 19.2. The summed E-state index contributed by atoms with van der Waals surface area (Å²) in [7, 11) is 0. The van der Waals surface area contributed by atoms with Crippen molar-refractivity contribution in [1.29, 1.82) is 0 Å². The topological polar surface area (TPSA) is 59.2 Å². The van der Waals surface area contributed by atoms with Crippen molar-refractivity contribution < 1.29 is 18.1 Å². The molecule has 3 aromatic rings. The van der Waals surface area contributed by atoms with E-state index < -0.39 is 17.7 Å². The molecule has 1 saturated heterocycles. The van der Waals surface area contributed by atoms with Crippen LogP contribution in [0.25, 0.3) is 11.4 Å². The van der Waals surface area contributed by atoms with E-state index in [9.17, 15) is 13.6 Å². The maximum Gasteiger partial charge on any atom is 0.249 e. The van der Waals surface area contributed by atoms with E-state index in [1.54, 1.807) is 0 Å². The second-order valence-corrected chi connectivity index (χ2v) is 7.51. The summed E-state index contributed by atoms with van der Waals surface area (Å²) >= 11 is 0. The predicted octanol–water partition coefficient (Wildman–Crippen LogP) is 5.00. The molecule has 1 fully saturated rings. The number of nitrogens with zero attached hydrogens (tertiary/aromatic N) is 3. The van der Waals surface area contributed by atoms with Gasteiger partial charge in [-0.1, -0.05) is 49.3 Å². The molecule has 150 valence electrons. The molecule has 1 aliphatic rings. The number of amides is 1. The Morgan fingerprint density at radius 3 is 2.48 bits per heavy atom. The third-order valence-electron chi connectivity index (χ3n) is 5.28. The number of hydrogen-bond acceptors (Lipinski definition) is 4. The van der Waals surface area contributed by atoms with Crippen molar-refractivity contribution in [3.8, 4) is 11.4 Å². The van der Waals surface area contributed by atoms with Crippen LogP contribution in [0.3, 0.4) is 0 Å². The van der Waals surface area contributed by atoms with E-state index in [2.05, 4.69) is 24.0 Å². The molecule has 1 amide bonds. The van der Waals surface area contributed by atoms with Crippen LogP contribution in [-0.2, 0) is 11.3 Å². The number of benzene rings is 2. The molecule has 2 aromatic carbocycles. The van der Waals surface area contributed by atoms with Gasteiger partial charge in [0, 0.05) is 17.5 Å². The molecule has 0 saturated carbocycles. The quantitative estimate of drug-likeness (QED) is 0.608. The molecule has 2 heterocycles. The maximum atomic E-state index is 14.0. The summed E-state index contributed by atoms with van der Waals surface area (Å²) in [6.07, 6.45) is 0.727. The minimum Gasteiger partial charge on any atom is -0.337 e. The number of likely N-dealkylation sites (tertiary alicyclic amines) is 1. The van der Waals surface area contributed by atoms with Crippen molar-refractivity contribution in [3.63, 3.8) is 0 Å². The van der Waals surface area contributed by atoms with Crippen LogP contribution in [0, 0.1) is 11.6 Å². The van der Waals surface area contributed by atoms with Crippen LogP contribution in [0.15, 0.2) is 47.0 Å². The molecule has 29 heavy (non-hydrogen) atoms. The predicted molar refractivity (Wildman–Crippen MR) is 103 cm³/mol. The van der Waals surface area contributed by atoms with Gasteiger partial charge in [-0.25, -0.2) is 8.78 Å². The molecular formula is C22H21F2N3O2. The standard InChI is InChI=1S/C22H21F2N3O2/c1-13(2)14-6-8-15(9-7-14)21-25-22(29-26-21)19-10-11-20(28)27(19)12-16-17(23)4-3-5-18(16)24/h3-9,13,19H,10-12H2,1-2H3. The highest BCUT2D eigenvalue weighted by Gasteiger charge is 2.37. The molecule has 0 radical (unpaired) electrons. The molecule has 1 aliphatic heterocycles. The van der Waals surface area contributed by atoms with Gasteiger partial charge in [-0.15, -0.1) is 0 Å². The van der Waals surface area contributed by atoms with E-state index in [-0.39, 0.29) is 30.3 Å². The fraction of sp³-hybridized carbons (Fsp3) is 0.318. The summed E-state index contributed by atoms with van der Waals surface area (Å²) in [6, 6.07) is 11.0. The largest absolute Gasteiger partial charge is 0.337 e. The van der Waals surface area contributed by atoms with Gasteiger partial charge in [-0.3, -0.25) is 4.79 Å². The lowest BCUT2D eigenvalue weighted by Crippen LogP contribution is -2.28. The van der Waals surface area contributed by atoms with Gasteiger partial charge < -0.3 is 9.42 Å². The molecule has 1 atom stereocenters. The summed E-state index contributed by atoms with van der Waals surface area (Å²) in [4.78, 5) is 18.2. The Balaban J connectivity index is 1.58. The van der Waals surface area contributed by atoms with Gasteiger partial charge in [0.15, 0.2) is 0 Å². The van der Waals surface area contributed by atoms with Crippen LogP contribution in [0.2, 0.25) is 0 Å². The highest BCUT2D eigenvalue weighted by molar-refractivity contribution is 5.78. The van der Waals surface area contributed by atoms with E-state index in [1.165, 1.54) is 28.7 Å². The van der Waals surface area contributed by atoms with Crippen LogP contribution < -0.4 is 0 Å². The minimum atomic E-state index is -0.681. The van der Waals surface area contributed by atoms with Gasteiger partial charge in [0.05, 0.1) is 6.54 Å². The molecule has 5 nitrogen and oxygen atoms in total. The van der Waals surface area contributed by atoms with Crippen LogP contribution in [-0.4, -0.2) is 20.9 Å². The third kappa shape index (κ3) is 3.77. The van der Waals surface area contributed by atoms with Crippen molar-refractivity contribution >= 4 is 5.91 Å². The van der Waals surface area contributed by atoms with Crippen LogP contribution in [0.4, 0.5) is 8.78 Å². The number of rotatable bonds is 5. The fourth-order valence-electron chi connectivity index (χ4n) is 3.55. The van der Waals surface area contributed by atoms with Crippen molar-refractivity contribution in [2.45, 2.75) is 45.2 Å². The van der Waals surface area contributed by atoms with E-state index in [0.29, 0.717) is 18.2 Å². The van der Waals surface area contributed by atoms with Crippen molar-refractivity contribution in [2.24, 2.45) is 0 Å². The highest BCUT2D eigenvalue weighted by atomic mass is 19.1. The SMILES string of the molecule is CC(C)c1ccc(-c2noc(C3CCC(=O)N3Cc3c(F)cccc3F)n2)cc1. The molecule has 0 bridgehead atoms. The molecule has 7 heteroatoms. The van der Waals surface area contributed by atoms with Crippen molar-refractivity contribution in [2.75, 3.05) is 0 Å². The van der Waals surface area contributed by atoms with E-state index in [0.717, 1.165) is 5.56 Å². The van der Waals surface area contributed by atoms with E-state index >= 15 is 0 Å². The van der Waals surface area contributed by atoms with E-state index in [1.807, 2.05) is 24.3 Å². The summed E-state index contributed by atoms with van der Waals surface area (Å²) < 4.78 is 33.5. The van der Waals surface area contributed by atoms with Gasteiger partial charge in [-0.2, -0.15) is 4.98 Å². The Morgan fingerprint density at radius 2 is 1.83 bits per heavy atom. The zero-order valence-electron chi connectivity index (χ0n) is 16.2. The van der Waals surface area contributed by atoms with Crippen molar-refractivity contribution in [1.82, 2.24) is 15.0 Å². The fourth-order valence-corrected chi connectivity index (χ4v) is 3.55. The number of carbonyl (C=O) groups excluding carboxylic acids is 1. The Kier molecular flexibility index (Phi) is 5.13. The molecular weight excluding hydrogens is 376 g/mol. The first-order chi connectivity index (χ1) is 13.9. The van der Waals surface area contributed by atoms with Crippen LogP contribution in [0.5, 0.6) is 0 Å². The lowest BCUT2D eigenvalue weighted by atomic mass is 10.0. The Bertz CT molecular complexity index is 1010. The van der Waals surface area contributed by atoms with Gasteiger partial charge in [0.2, 0.25) is 17.6 Å². The maximum absolute atomic E-state index is 14.0. The molecule has 0 spiro atoms. The second kappa shape index (κ2) is 7.73. The zero-order valence-corrected chi connectivity index (χ0v) is 16.2. The van der Waals surface area contributed by atoms with Gasteiger partial charge in [0.1, 0.15) is 17.7 Å². The van der Waals surface area contributed by atoms with Gasteiger partial charge in [-0.05, 0) is 30.0 Å². The van der Waals surface area contributed by atoms with Crippen LogP contribution in [0.1, 0.15) is 55.7 Å². The first-order valence-electron chi connectivity index (χ1n) is 9.60. The van der Waals surface area contributed by atoms with Crippen LogP contribution >= 0.6 is 0 Å². The molecule has 0 aliphatic carbocycles. The zero-order chi connectivity index (χ0) is 20.5. The summed E-state index contributed by atoms with van der Waals surface area (Å²) in [5.41, 5.74) is 1.87. The Labute approximate surface area is 167 Å². The highest BCUT2D eigenvalue weighted by Crippen LogP contribution is 2.35. The van der Waals surface area contributed by atoms with Gasteiger partial charge >= 0.3 is 0 Å². The Hall–Kier alpha value is -3.09. The average molecular weight is 397 g/mol. The lowest BCUT2D eigenvalue weighted by molar-refractivity contribution is -0.130. The summed E-state index contributed by atoms with van der Waals surface area (Å²) in [5, 5.41) is 4.03. The molecule has 1 unspecified atom stereocenters. The first-order valence-corrected chi connectivity index (χ1v) is 9.60. The number of hydrogen-bond donors (Lipinski definition) is 0. The lowest BCUT2D eigenvalue weighted by Gasteiger charge is -2.22. The molecule has 0 N–H and O–H groups in total. The second-order valence-electron chi connectivity index (χ2n) is 7.51. The number of halogens is 2. The summed E-state index contributed by atoms with van der Waals surface area (Å²) in [6.45, 7) is 4.06. The molecule has 4 rings (SSSR count). The number of carbonyl (C=O) groups is 1. The summed E-state index contributed by atoms with van der Waals surface area (Å²) in [5.74, 6) is -0.442. The van der Waals surface area contributed by atoms with Gasteiger partial charge in [0.25, 0.3) is 0 Å². The van der Waals surface area contributed by atoms with E-state index in [4.69, 9.17) is 4.52 Å². The number of aromatic nitrogens is 2. The third-order valence-corrected chi connectivity index (χ3v) is 5.28. The Morgan fingerprint density at radius 1 is 1.14 bits per heavy atom. The van der Waals surface area contributed by atoms with Crippen molar-refractivity contribution in [3.05, 3.63) is 71.1 Å². The monoisotopic (exact) mass is 397 g/mol. The smallest absolute Gasteiger partial charge is 0.249 e.